The van der Waals surface area contributed by atoms with Crippen molar-refractivity contribution in [2.45, 2.75) is 0 Å². The third-order valence-electron chi connectivity index (χ3n) is 3.54. The van der Waals surface area contributed by atoms with Crippen LogP contribution in [0.25, 0.3) is 21.9 Å². The summed E-state index contributed by atoms with van der Waals surface area (Å²) in [5, 5.41) is 11.6. The van der Waals surface area contributed by atoms with Gasteiger partial charge in [-0.05, 0) is 46.7 Å². The third-order valence-corrected chi connectivity index (χ3v) is 3.54. The molecule has 0 saturated carbocycles. The van der Waals surface area contributed by atoms with E-state index in [-0.39, 0.29) is 5.75 Å². The average Bonchev–Trinajstić information content (AvgIpc) is 2.53. The number of ether oxygens (including phenoxy) is 2. The SMILES string of the molecule is COc1ccc(-c2ccc3cc(O)ccc3c2)c(OC)c1. The molecule has 1 N–H and O–H groups in total. The second-order valence-electron chi connectivity index (χ2n) is 4.81. The van der Waals surface area contributed by atoms with Crippen LogP contribution < -0.4 is 9.47 Å². The first-order valence-corrected chi connectivity index (χ1v) is 6.66. The molecule has 0 bridgehead atoms. The summed E-state index contributed by atoms with van der Waals surface area (Å²) in [6.07, 6.45) is 0. The molecule has 3 heteroatoms. The van der Waals surface area contributed by atoms with Gasteiger partial charge in [0.15, 0.2) is 0 Å². The predicted molar refractivity (Wildman–Crippen MR) is 84.2 cm³/mol. The molecular formula is C18H16O3. The number of benzene rings is 3. The van der Waals surface area contributed by atoms with Gasteiger partial charge in [0.05, 0.1) is 14.2 Å². The molecule has 0 radical (unpaired) electrons. The van der Waals surface area contributed by atoms with E-state index >= 15 is 0 Å². The second-order valence-corrected chi connectivity index (χ2v) is 4.81. The highest BCUT2D eigenvalue weighted by Crippen LogP contribution is 2.35. The highest BCUT2D eigenvalue weighted by atomic mass is 16.5. The van der Waals surface area contributed by atoms with Crippen LogP contribution in [0.4, 0.5) is 0 Å². The number of rotatable bonds is 3. The lowest BCUT2D eigenvalue weighted by Crippen LogP contribution is -1.90. The molecular weight excluding hydrogens is 264 g/mol. The summed E-state index contributed by atoms with van der Waals surface area (Å²) in [7, 11) is 3.29. The quantitative estimate of drug-likeness (QED) is 0.780. The van der Waals surface area contributed by atoms with Crippen LogP contribution in [0.5, 0.6) is 17.2 Å². The first-order valence-electron chi connectivity index (χ1n) is 6.66. The lowest BCUT2D eigenvalue weighted by molar-refractivity contribution is 0.395. The number of aromatic hydroxyl groups is 1. The van der Waals surface area contributed by atoms with Crippen LogP contribution in [-0.2, 0) is 0 Å². The van der Waals surface area contributed by atoms with Crippen molar-refractivity contribution in [3.63, 3.8) is 0 Å². The Morgan fingerprint density at radius 1 is 0.762 bits per heavy atom. The molecule has 21 heavy (non-hydrogen) atoms. The van der Waals surface area contributed by atoms with E-state index in [2.05, 4.69) is 6.07 Å². The van der Waals surface area contributed by atoms with E-state index in [1.807, 2.05) is 36.4 Å². The van der Waals surface area contributed by atoms with Gasteiger partial charge in [-0.25, -0.2) is 0 Å². The van der Waals surface area contributed by atoms with Crippen LogP contribution in [0.1, 0.15) is 0 Å². The van der Waals surface area contributed by atoms with E-state index < -0.39 is 0 Å². The molecule has 3 aromatic rings. The third kappa shape index (κ3) is 2.50. The molecule has 0 amide bonds. The zero-order valence-corrected chi connectivity index (χ0v) is 12.0. The van der Waals surface area contributed by atoms with E-state index in [1.54, 1.807) is 26.4 Å². The number of hydrogen-bond donors (Lipinski definition) is 1. The molecule has 3 aromatic carbocycles. The van der Waals surface area contributed by atoms with Crippen molar-refractivity contribution < 1.29 is 14.6 Å². The van der Waals surface area contributed by atoms with Crippen LogP contribution in [0.2, 0.25) is 0 Å². The monoisotopic (exact) mass is 280 g/mol. The van der Waals surface area contributed by atoms with Gasteiger partial charge in [-0.1, -0.05) is 18.2 Å². The van der Waals surface area contributed by atoms with E-state index in [0.29, 0.717) is 0 Å². The highest BCUT2D eigenvalue weighted by Gasteiger charge is 2.08. The van der Waals surface area contributed by atoms with Crippen LogP contribution in [0.15, 0.2) is 54.6 Å². The summed E-state index contributed by atoms with van der Waals surface area (Å²) in [4.78, 5) is 0. The molecule has 0 aromatic heterocycles. The number of hydrogen-bond acceptors (Lipinski definition) is 3. The van der Waals surface area contributed by atoms with E-state index in [4.69, 9.17) is 9.47 Å². The van der Waals surface area contributed by atoms with Crippen molar-refractivity contribution in [3.05, 3.63) is 54.6 Å². The number of phenols is 1. The van der Waals surface area contributed by atoms with Gasteiger partial charge in [-0.3, -0.25) is 0 Å². The lowest BCUT2D eigenvalue weighted by Gasteiger charge is -2.11. The van der Waals surface area contributed by atoms with Crippen molar-refractivity contribution in [2.24, 2.45) is 0 Å². The van der Waals surface area contributed by atoms with Crippen molar-refractivity contribution in [2.75, 3.05) is 14.2 Å². The smallest absolute Gasteiger partial charge is 0.130 e. The van der Waals surface area contributed by atoms with E-state index in [1.165, 1.54) is 0 Å². The summed E-state index contributed by atoms with van der Waals surface area (Å²) in [6, 6.07) is 17.2. The number of fused-ring (bicyclic) bond motifs is 1. The Balaban J connectivity index is 2.13. The molecule has 0 unspecified atom stereocenters. The largest absolute Gasteiger partial charge is 0.508 e. The Morgan fingerprint density at radius 2 is 1.52 bits per heavy atom. The average molecular weight is 280 g/mol. The van der Waals surface area contributed by atoms with Gasteiger partial charge in [-0.2, -0.15) is 0 Å². The van der Waals surface area contributed by atoms with Gasteiger partial charge in [0.1, 0.15) is 17.2 Å². The number of phenolic OH excluding ortho intramolecular Hbond substituents is 1. The molecule has 0 atom stereocenters. The van der Waals surface area contributed by atoms with Crippen molar-refractivity contribution >= 4 is 10.8 Å². The first kappa shape index (κ1) is 13.3. The van der Waals surface area contributed by atoms with Gasteiger partial charge in [0, 0.05) is 11.6 Å². The Labute approximate surface area is 123 Å². The molecule has 0 aliphatic heterocycles. The van der Waals surface area contributed by atoms with Crippen molar-refractivity contribution in [1.29, 1.82) is 0 Å². The minimum absolute atomic E-state index is 0.275. The maximum atomic E-state index is 9.52. The first-order chi connectivity index (χ1) is 10.2. The van der Waals surface area contributed by atoms with Crippen molar-refractivity contribution in [1.82, 2.24) is 0 Å². The number of methoxy groups -OCH3 is 2. The molecule has 0 aliphatic rings. The minimum Gasteiger partial charge on any atom is -0.508 e. The van der Waals surface area contributed by atoms with E-state index in [9.17, 15) is 5.11 Å². The summed E-state index contributed by atoms with van der Waals surface area (Å²) < 4.78 is 10.7. The van der Waals surface area contributed by atoms with Crippen LogP contribution in [0.3, 0.4) is 0 Å². The van der Waals surface area contributed by atoms with Crippen LogP contribution in [0, 0.1) is 0 Å². The second kappa shape index (κ2) is 5.37. The highest BCUT2D eigenvalue weighted by molar-refractivity contribution is 5.89. The predicted octanol–water partition coefficient (Wildman–Crippen LogP) is 4.23. The lowest BCUT2D eigenvalue weighted by atomic mass is 10.00. The molecule has 106 valence electrons. The fourth-order valence-corrected chi connectivity index (χ4v) is 2.44. The maximum absolute atomic E-state index is 9.52. The van der Waals surface area contributed by atoms with Crippen molar-refractivity contribution in [3.8, 4) is 28.4 Å². The summed E-state index contributed by atoms with van der Waals surface area (Å²) in [5.74, 6) is 1.81. The van der Waals surface area contributed by atoms with Gasteiger partial charge in [0.2, 0.25) is 0 Å². The fourth-order valence-electron chi connectivity index (χ4n) is 2.44. The Hall–Kier alpha value is -2.68. The molecule has 3 rings (SSSR count). The van der Waals surface area contributed by atoms with Crippen LogP contribution in [-0.4, -0.2) is 19.3 Å². The molecule has 0 fully saturated rings. The van der Waals surface area contributed by atoms with Gasteiger partial charge < -0.3 is 14.6 Å². The zero-order chi connectivity index (χ0) is 14.8. The topological polar surface area (TPSA) is 38.7 Å². The minimum atomic E-state index is 0.275. The summed E-state index contributed by atoms with van der Waals surface area (Å²) in [5.41, 5.74) is 2.07. The molecule has 0 saturated heterocycles. The molecule has 3 nitrogen and oxygen atoms in total. The zero-order valence-electron chi connectivity index (χ0n) is 12.0. The van der Waals surface area contributed by atoms with Gasteiger partial charge in [-0.15, -0.1) is 0 Å². The van der Waals surface area contributed by atoms with Gasteiger partial charge >= 0.3 is 0 Å². The Kier molecular flexibility index (Phi) is 3.40. The van der Waals surface area contributed by atoms with Crippen LogP contribution >= 0.6 is 0 Å². The Bertz CT molecular complexity index is 794. The van der Waals surface area contributed by atoms with Gasteiger partial charge in [0.25, 0.3) is 0 Å². The normalized spacial score (nSPS) is 10.6. The fraction of sp³-hybridized carbons (Fsp3) is 0.111. The summed E-state index contributed by atoms with van der Waals surface area (Å²) in [6.45, 7) is 0. The molecule has 0 spiro atoms. The molecule has 0 heterocycles. The Morgan fingerprint density at radius 3 is 2.29 bits per heavy atom. The standard InChI is InChI=1S/C18H16O3/c1-20-16-7-8-17(18(11-16)21-2)14-4-3-13-10-15(19)6-5-12(13)9-14/h3-11,19H,1-2H3. The maximum Gasteiger partial charge on any atom is 0.130 e. The van der Waals surface area contributed by atoms with E-state index in [0.717, 1.165) is 33.4 Å². The summed E-state index contributed by atoms with van der Waals surface area (Å²) >= 11 is 0. The molecule has 0 aliphatic carbocycles.